The van der Waals surface area contributed by atoms with Crippen molar-refractivity contribution in [1.82, 2.24) is 15.0 Å². The van der Waals surface area contributed by atoms with Gasteiger partial charge in [-0.15, -0.1) is 0 Å². The molecule has 166 valence electrons. The highest BCUT2D eigenvalue weighted by atomic mass is 35.5. The van der Waals surface area contributed by atoms with E-state index in [1.54, 1.807) is 0 Å². The number of halogens is 7. The van der Waals surface area contributed by atoms with Gasteiger partial charge in [0, 0.05) is 5.69 Å². The lowest BCUT2D eigenvalue weighted by molar-refractivity contribution is -0.138. The maximum absolute atomic E-state index is 13.6. The second-order valence-corrected chi connectivity index (χ2v) is 7.88. The zero-order chi connectivity index (χ0) is 23.3. The first kappa shape index (κ1) is 22.1. The van der Waals surface area contributed by atoms with Gasteiger partial charge in [0.15, 0.2) is 21.6 Å². The van der Waals surface area contributed by atoms with Gasteiger partial charge in [-0.05, 0) is 36.4 Å². The molecule has 0 fully saturated rings. The number of nitrogens with one attached hydrogen (secondary N) is 1. The number of alkyl halides is 6. The molecule has 3 N–H and O–H groups in total. The predicted octanol–water partition coefficient (Wildman–Crippen LogP) is 6.77. The van der Waals surface area contributed by atoms with Crippen molar-refractivity contribution < 1.29 is 26.3 Å². The first-order valence-electron chi connectivity index (χ1n) is 8.68. The van der Waals surface area contributed by atoms with Gasteiger partial charge in [0.1, 0.15) is 5.52 Å². The zero-order valence-corrected chi connectivity index (χ0v) is 17.1. The number of anilines is 3. The van der Waals surface area contributed by atoms with Crippen LogP contribution in [0.4, 0.5) is 43.0 Å². The third kappa shape index (κ3) is 4.28. The number of rotatable bonds is 3. The van der Waals surface area contributed by atoms with E-state index in [4.69, 9.17) is 17.3 Å². The Balaban J connectivity index is 1.86. The fraction of sp³-hybridized carbons (Fsp3) is 0.105. The zero-order valence-electron chi connectivity index (χ0n) is 15.5. The van der Waals surface area contributed by atoms with E-state index in [1.165, 1.54) is 6.07 Å². The molecule has 2 aromatic heterocycles. The van der Waals surface area contributed by atoms with Gasteiger partial charge in [0.25, 0.3) is 0 Å². The molecule has 13 heteroatoms. The van der Waals surface area contributed by atoms with Crippen molar-refractivity contribution in [3.63, 3.8) is 0 Å². The minimum atomic E-state index is -4.73. The van der Waals surface area contributed by atoms with Crippen LogP contribution < -0.4 is 11.1 Å². The van der Waals surface area contributed by atoms with Crippen LogP contribution in [0.1, 0.15) is 11.1 Å². The van der Waals surface area contributed by atoms with Crippen molar-refractivity contribution in [2.24, 2.45) is 0 Å². The topological polar surface area (TPSA) is 76.7 Å². The Bertz CT molecular complexity index is 1300. The number of aromatic nitrogens is 3. The van der Waals surface area contributed by atoms with Crippen LogP contribution in [-0.4, -0.2) is 15.0 Å². The Morgan fingerprint density at radius 1 is 0.875 bits per heavy atom. The smallest absolute Gasteiger partial charge is 0.375 e. The molecule has 0 bridgehead atoms. The van der Waals surface area contributed by atoms with Gasteiger partial charge >= 0.3 is 12.4 Å². The van der Waals surface area contributed by atoms with Crippen LogP contribution in [0.2, 0.25) is 5.02 Å². The maximum atomic E-state index is 13.6. The van der Waals surface area contributed by atoms with Crippen LogP contribution in [0.3, 0.4) is 0 Å². The highest BCUT2D eigenvalue weighted by Crippen LogP contribution is 2.41. The molecule has 2 aromatic carbocycles. The second kappa shape index (κ2) is 7.78. The number of nitrogen functional groups attached to an aromatic ring is 1. The van der Waals surface area contributed by atoms with E-state index in [0.717, 1.165) is 47.7 Å². The van der Waals surface area contributed by atoms with E-state index in [9.17, 15) is 26.3 Å². The number of hydrogen-bond acceptors (Lipinski definition) is 6. The van der Waals surface area contributed by atoms with Crippen LogP contribution in [0.15, 0.2) is 42.5 Å². The summed E-state index contributed by atoms with van der Waals surface area (Å²) in [4.78, 5) is 12.5. The molecule has 0 saturated carbocycles. The second-order valence-electron chi connectivity index (χ2n) is 6.46. The van der Waals surface area contributed by atoms with Gasteiger partial charge in [0.05, 0.1) is 21.7 Å². The van der Waals surface area contributed by atoms with E-state index in [-0.39, 0.29) is 37.8 Å². The fourth-order valence-electron chi connectivity index (χ4n) is 2.90. The molecule has 0 spiro atoms. The molecule has 0 saturated heterocycles. The van der Waals surface area contributed by atoms with Crippen LogP contribution in [0.25, 0.3) is 21.7 Å². The number of hydrogen-bond donors (Lipinski definition) is 2. The molecular weight excluding hydrogens is 480 g/mol. The SMILES string of the molecule is Nc1nc2c(Nc3ccc(C(F)(F)F)cc3)nc(-c3c(Cl)cccc3C(F)(F)F)nc2s1. The van der Waals surface area contributed by atoms with Crippen LogP contribution in [-0.2, 0) is 12.4 Å². The molecule has 0 aliphatic rings. The first-order valence-corrected chi connectivity index (χ1v) is 9.87. The summed E-state index contributed by atoms with van der Waals surface area (Å²) in [7, 11) is 0. The Hall–Kier alpha value is -3.12. The highest BCUT2D eigenvalue weighted by Gasteiger charge is 2.36. The maximum Gasteiger partial charge on any atom is 0.417 e. The normalized spacial score (nSPS) is 12.3. The standard InChI is InChI=1S/C19H10ClF6N5S/c20-11-3-1-2-10(19(24,25)26)12(11)14-30-15(13-16(31-14)32-17(27)29-13)28-9-6-4-8(5-7-9)18(21,22)23/h1-7H,(H2,27,29)(H,28,30,31). The van der Waals surface area contributed by atoms with Crippen molar-refractivity contribution in [2.45, 2.75) is 12.4 Å². The van der Waals surface area contributed by atoms with E-state index in [0.29, 0.717) is 0 Å². The summed E-state index contributed by atoms with van der Waals surface area (Å²) in [5.41, 5.74) is 3.73. The number of benzene rings is 2. The quantitative estimate of drug-likeness (QED) is 0.310. The molecule has 4 aromatic rings. The highest BCUT2D eigenvalue weighted by molar-refractivity contribution is 7.21. The van der Waals surface area contributed by atoms with E-state index >= 15 is 0 Å². The van der Waals surface area contributed by atoms with Crippen molar-refractivity contribution in [3.05, 3.63) is 58.6 Å². The summed E-state index contributed by atoms with van der Waals surface area (Å²) in [6.07, 6.45) is -9.25. The molecule has 5 nitrogen and oxygen atoms in total. The summed E-state index contributed by atoms with van der Waals surface area (Å²) in [6, 6.07) is 7.28. The molecule has 32 heavy (non-hydrogen) atoms. The van der Waals surface area contributed by atoms with Crippen LogP contribution >= 0.6 is 22.9 Å². The summed E-state index contributed by atoms with van der Waals surface area (Å²) in [6.45, 7) is 0. The van der Waals surface area contributed by atoms with E-state index in [1.807, 2.05) is 0 Å². The van der Waals surface area contributed by atoms with Gasteiger partial charge < -0.3 is 11.1 Å². The van der Waals surface area contributed by atoms with Crippen molar-refractivity contribution in [2.75, 3.05) is 11.1 Å². The number of fused-ring (bicyclic) bond motifs is 1. The lowest BCUT2D eigenvalue weighted by Crippen LogP contribution is -2.09. The van der Waals surface area contributed by atoms with E-state index in [2.05, 4.69) is 20.3 Å². The Labute approximate surface area is 184 Å². The molecule has 0 aliphatic carbocycles. The van der Waals surface area contributed by atoms with Crippen molar-refractivity contribution in [3.8, 4) is 11.4 Å². The van der Waals surface area contributed by atoms with Gasteiger partial charge in [-0.3, -0.25) is 0 Å². The third-order valence-electron chi connectivity index (χ3n) is 4.29. The summed E-state index contributed by atoms with van der Waals surface area (Å²) in [5, 5.41) is 2.63. The van der Waals surface area contributed by atoms with Crippen LogP contribution in [0.5, 0.6) is 0 Å². The fourth-order valence-corrected chi connectivity index (χ4v) is 3.87. The molecule has 0 aliphatic heterocycles. The Morgan fingerprint density at radius 3 is 2.19 bits per heavy atom. The van der Waals surface area contributed by atoms with Gasteiger partial charge in [-0.1, -0.05) is 29.0 Å². The Morgan fingerprint density at radius 2 is 1.56 bits per heavy atom. The van der Waals surface area contributed by atoms with Gasteiger partial charge in [0.2, 0.25) is 0 Å². The molecule has 2 heterocycles. The summed E-state index contributed by atoms with van der Waals surface area (Å²) < 4.78 is 79.1. The lowest BCUT2D eigenvalue weighted by Gasteiger charge is -2.14. The van der Waals surface area contributed by atoms with Gasteiger partial charge in [-0.2, -0.15) is 26.3 Å². The largest absolute Gasteiger partial charge is 0.417 e. The molecule has 4 rings (SSSR count). The Kier molecular flexibility index (Phi) is 5.37. The lowest BCUT2D eigenvalue weighted by atomic mass is 10.1. The van der Waals surface area contributed by atoms with E-state index < -0.39 is 29.0 Å². The predicted molar refractivity (Wildman–Crippen MR) is 110 cm³/mol. The molecule has 0 radical (unpaired) electrons. The molecular formula is C19H10ClF6N5S. The van der Waals surface area contributed by atoms with Gasteiger partial charge in [-0.25, -0.2) is 15.0 Å². The number of thiazole rings is 1. The average molecular weight is 490 g/mol. The molecule has 0 unspecified atom stereocenters. The summed E-state index contributed by atoms with van der Waals surface area (Å²) in [5.74, 6) is -0.376. The minimum Gasteiger partial charge on any atom is -0.375 e. The molecule has 0 amide bonds. The number of nitrogens with zero attached hydrogens (tertiary/aromatic N) is 3. The monoisotopic (exact) mass is 489 g/mol. The molecule has 0 atom stereocenters. The summed E-state index contributed by atoms with van der Waals surface area (Å²) >= 11 is 6.97. The third-order valence-corrected chi connectivity index (χ3v) is 5.39. The van der Waals surface area contributed by atoms with Crippen molar-refractivity contribution in [1.29, 1.82) is 0 Å². The van der Waals surface area contributed by atoms with Crippen LogP contribution in [0, 0.1) is 0 Å². The first-order chi connectivity index (χ1) is 14.9. The minimum absolute atomic E-state index is 0.0363. The van der Waals surface area contributed by atoms with Crippen molar-refractivity contribution >= 4 is 49.9 Å². The number of nitrogens with two attached hydrogens (primary N) is 1. The average Bonchev–Trinajstić information content (AvgIpc) is 3.07.